The monoisotopic (exact) mass is 437 g/mol. The molecule has 3 heterocycles. The minimum absolute atomic E-state index is 0.0144. The first kappa shape index (κ1) is 21.0. The molecule has 10 heteroatoms. The fourth-order valence-electron chi connectivity index (χ4n) is 3.13. The van der Waals surface area contributed by atoms with E-state index in [2.05, 4.69) is 10.5 Å². The summed E-state index contributed by atoms with van der Waals surface area (Å²) in [6.07, 6.45) is 1.45. The van der Waals surface area contributed by atoms with Gasteiger partial charge in [-0.25, -0.2) is 4.79 Å². The molecule has 0 radical (unpaired) electrons. The van der Waals surface area contributed by atoms with Crippen LogP contribution in [0.5, 0.6) is 0 Å². The topological polar surface area (TPSA) is 132 Å². The number of imide groups is 1. The summed E-state index contributed by atoms with van der Waals surface area (Å²) in [5, 5.41) is 6.27. The van der Waals surface area contributed by atoms with E-state index in [1.165, 1.54) is 24.5 Å². The van der Waals surface area contributed by atoms with E-state index in [0.717, 1.165) is 4.90 Å². The average molecular weight is 437 g/mol. The lowest BCUT2D eigenvalue weighted by Crippen LogP contribution is -2.28. The first-order chi connectivity index (χ1) is 15.3. The number of hydrogen-bond donors (Lipinski definition) is 1. The maximum absolute atomic E-state index is 12.7. The third-order valence-electron chi connectivity index (χ3n) is 4.82. The molecule has 3 aromatic rings. The number of fused-ring (bicyclic) bond motifs is 1. The van der Waals surface area contributed by atoms with Crippen molar-refractivity contribution in [2.45, 2.75) is 26.3 Å². The third kappa shape index (κ3) is 4.15. The van der Waals surface area contributed by atoms with Crippen molar-refractivity contribution < 1.29 is 32.9 Å². The van der Waals surface area contributed by atoms with Gasteiger partial charge in [-0.05, 0) is 36.2 Å². The summed E-state index contributed by atoms with van der Waals surface area (Å²) in [5.74, 6) is -1.71. The van der Waals surface area contributed by atoms with Crippen LogP contribution in [-0.2, 0) is 16.1 Å². The number of nitrogens with one attached hydrogen (secondary N) is 1. The Hall–Kier alpha value is -4.21. The van der Waals surface area contributed by atoms with E-state index in [1.54, 1.807) is 18.2 Å². The molecule has 10 nitrogen and oxygen atoms in total. The number of rotatable bonds is 7. The molecule has 164 valence electrons. The van der Waals surface area contributed by atoms with E-state index in [0.29, 0.717) is 11.5 Å². The Bertz CT molecular complexity index is 1190. The second-order valence-corrected chi connectivity index (χ2v) is 7.43. The predicted molar refractivity (Wildman–Crippen MR) is 109 cm³/mol. The fourth-order valence-corrected chi connectivity index (χ4v) is 3.13. The van der Waals surface area contributed by atoms with Crippen molar-refractivity contribution in [1.82, 2.24) is 10.1 Å². The Morgan fingerprint density at radius 3 is 2.59 bits per heavy atom. The molecule has 0 unspecified atom stereocenters. The SMILES string of the molecule is CC(C)c1cc(NC(=O)COC(=O)c2ccc3c(c2)C(=O)N(Cc2ccco2)C3=O)on1. The van der Waals surface area contributed by atoms with E-state index < -0.39 is 30.3 Å². The van der Waals surface area contributed by atoms with E-state index in [1.807, 2.05) is 13.8 Å². The molecule has 0 bridgehead atoms. The predicted octanol–water partition coefficient (Wildman–Crippen LogP) is 2.98. The highest BCUT2D eigenvalue weighted by atomic mass is 16.5. The van der Waals surface area contributed by atoms with Crippen LogP contribution in [0.1, 0.15) is 62.3 Å². The van der Waals surface area contributed by atoms with Gasteiger partial charge in [0, 0.05) is 6.07 Å². The molecule has 1 aromatic carbocycles. The first-order valence-electron chi connectivity index (χ1n) is 9.79. The molecule has 4 rings (SSSR count). The minimum atomic E-state index is -0.812. The smallest absolute Gasteiger partial charge is 0.338 e. The Morgan fingerprint density at radius 1 is 1.12 bits per heavy atom. The number of carbonyl (C=O) groups is 4. The number of carbonyl (C=O) groups excluding carboxylic acids is 4. The van der Waals surface area contributed by atoms with Gasteiger partial charge in [0.15, 0.2) is 6.61 Å². The molecule has 3 amide bonds. The summed E-state index contributed by atoms with van der Waals surface area (Å²) in [4.78, 5) is 50.6. The second-order valence-electron chi connectivity index (χ2n) is 7.43. The van der Waals surface area contributed by atoms with Crippen LogP contribution in [0.15, 0.2) is 51.6 Å². The lowest BCUT2D eigenvalue weighted by atomic mass is 10.1. The van der Waals surface area contributed by atoms with Gasteiger partial charge in [0.2, 0.25) is 5.88 Å². The van der Waals surface area contributed by atoms with E-state index in [-0.39, 0.29) is 35.0 Å². The van der Waals surface area contributed by atoms with Crippen molar-refractivity contribution in [1.29, 1.82) is 0 Å². The van der Waals surface area contributed by atoms with E-state index >= 15 is 0 Å². The number of ether oxygens (including phenoxy) is 1. The number of furan rings is 1. The van der Waals surface area contributed by atoms with Crippen LogP contribution in [-0.4, -0.2) is 40.4 Å². The van der Waals surface area contributed by atoms with E-state index in [4.69, 9.17) is 13.7 Å². The zero-order valence-corrected chi connectivity index (χ0v) is 17.3. The van der Waals surface area contributed by atoms with Gasteiger partial charge in [-0.3, -0.25) is 24.6 Å². The zero-order chi connectivity index (χ0) is 22.8. The lowest BCUT2D eigenvalue weighted by molar-refractivity contribution is -0.119. The highest BCUT2D eigenvalue weighted by Gasteiger charge is 2.36. The van der Waals surface area contributed by atoms with E-state index in [9.17, 15) is 19.2 Å². The number of amides is 3. The standard InChI is InChI=1S/C22H19N3O7/c1-12(2)17-9-19(32-24-17)23-18(26)11-31-22(29)13-5-6-15-16(8-13)21(28)25(20(15)27)10-14-4-3-7-30-14/h3-9,12H,10-11H2,1-2H3,(H,23,26). The van der Waals surface area contributed by atoms with Crippen molar-refractivity contribution in [3.05, 3.63) is 70.8 Å². The van der Waals surface area contributed by atoms with Crippen molar-refractivity contribution >= 4 is 29.6 Å². The van der Waals surface area contributed by atoms with Crippen LogP contribution in [0.25, 0.3) is 0 Å². The maximum atomic E-state index is 12.7. The van der Waals surface area contributed by atoms with Crippen molar-refractivity contribution in [2.24, 2.45) is 0 Å². The number of nitrogens with zero attached hydrogens (tertiary/aromatic N) is 2. The van der Waals surface area contributed by atoms with Gasteiger partial charge in [-0.1, -0.05) is 19.0 Å². The zero-order valence-electron chi connectivity index (χ0n) is 17.3. The number of aromatic nitrogens is 1. The highest BCUT2D eigenvalue weighted by Crippen LogP contribution is 2.26. The molecule has 1 aliphatic heterocycles. The van der Waals surface area contributed by atoms with Gasteiger partial charge in [-0.15, -0.1) is 0 Å². The number of benzene rings is 1. The molecule has 0 saturated heterocycles. The second kappa shape index (κ2) is 8.50. The summed E-state index contributed by atoms with van der Waals surface area (Å²) in [5.41, 5.74) is 0.987. The summed E-state index contributed by atoms with van der Waals surface area (Å²) in [6, 6.07) is 8.93. The molecule has 0 atom stereocenters. The summed E-state index contributed by atoms with van der Waals surface area (Å²) >= 11 is 0. The van der Waals surface area contributed by atoms with Gasteiger partial charge < -0.3 is 13.7 Å². The molecule has 0 spiro atoms. The van der Waals surface area contributed by atoms with Gasteiger partial charge in [0.05, 0.1) is 35.2 Å². The molecule has 0 saturated carbocycles. The lowest BCUT2D eigenvalue weighted by Gasteiger charge is -2.11. The summed E-state index contributed by atoms with van der Waals surface area (Å²) < 4.78 is 15.2. The number of esters is 1. The summed E-state index contributed by atoms with van der Waals surface area (Å²) in [7, 11) is 0. The molecule has 32 heavy (non-hydrogen) atoms. The Kier molecular flexibility index (Phi) is 5.59. The summed E-state index contributed by atoms with van der Waals surface area (Å²) in [6.45, 7) is 3.28. The molecular formula is C22H19N3O7. The largest absolute Gasteiger partial charge is 0.467 e. The van der Waals surface area contributed by atoms with Crippen molar-refractivity contribution in [2.75, 3.05) is 11.9 Å². The molecule has 0 aliphatic carbocycles. The average Bonchev–Trinajstić information content (AvgIpc) is 3.50. The molecule has 1 aliphatic rings. The van der Waals surface area contributed by atoms with Crippen LogP contribution in [0, 0.1) is 0 Å². The van der Waals surface area contributed by atoms with Crippen molar-refractivity contribution in [3.8, 4) is 0 Å². The first-order valence-corrected chi connectivity index (χ1v) is 9.79. The number of anilines is 1. The van der Waals surface area contributed by atoms with Crippen molar-refractivity contribution in [3.63, 3.8) is 0 Å². The maximum Gasteiger partial charge on any atom is 0.338 e. The Morgan fingerprint density at radius 2 is 1.91 bits per heavy atom. The fraction of sp³-hybridized carbons (Fsp3) is 0.227. The minimum Gasteiger partial charge on any atom is -0.467 e. The molecule has 1 N–H and O–H groups in total. The Labute approximate surface area is 182 Å². The van der Waals surface area contributed by atoms with Gasteiger partial charge in [0.1, 0.15) is 5.76 Å². The molecule has 0 fully saturated rings. The van der Waals surface area contributed by atoms with Crippen LogP contribution in [0.4, 0.5) is 5.88 Å². The van der Waals surface area contributed by atoms with Gasteiger partial charge in [-0.2, -0.15) is 0 Å². The van der Waals surface area contributed by atoms with Crippen LogP contribution >= 0.6 is 0 Å². The van der Waals surface area contributed by atoms with Crippen LogP contribution in [0.2, 0.25) is 0 Å². The molecular weight excluding hydrogens is 418 g/mol. The van der Waals surface area contributed by atoms with Crippen LogP contribution in [0.3, 0.4) is 0 Å². The number of hydrogen-bond acceptors (Lipinski definition) is 8. The highest BCUT2D eigenvalue weighted by molar-refractivity contribution is 6.21. The molecule has 2 aromatic heterocycles. The quantitative estimate of drug-likeness (QED) is 0.441. The third-order valence-corrected chi connectivity index (χ3v) is 4.82. The normalized spacial score (nSPS) is 12.9. The van der Waals surface area contributed by atoms with Crippen LogP contribution < -0.4 is 5.32 Å². The van der Waals surface area contributed by atoms with Gasteiger partial charge in [0.25, 0.3) is 17.7 Å². The Balaban J connectivity index is 1.38. The van der Waals surface area contributed by atoms with Gasteiger partial charge >= 0.3 is 5.97 Å².